The van der Waals surface area contributed by atoms with Gasteiger partial charge in [0.1, 0.15) is 5.75 Å². The highest BCUT2D eigenvalue weighted by molar-refractivity contribution is 5.51. The van der Waals surface area contributed by atoms with Crippen molar-refractivity contribution in [2.24, 2.45) is 0 Å². The van der Waals surface area contributed by atoms with E-state index < -0.39 is 0 Å². The van der Waals surface area contributed by atoms with Gasteiger partial charge in [-0.05, 0) is 12.0 Å². The van der Waals surface area contributed by atoms with E-state index in [0.717, 1.165) is 17.7 Å². The van der Waals surface area contributed by atoms with Crippen molar-refractivity contribution in [2.45, 2.75) is 26.2 Å². The Morgan fingerprint density at radius 3 is 2.33 bits per heavy atom. The van der Waals surface area contributed by atoms with Gasteiger partial charge in [-0.15, -0.1) is 0 Å². The fourth-order valence-corrected chi connectivity index (χ4v) is 1.68. The summed E-state index contributed by atoms with van der Waals surface area (Å²) in [6.07, 6.45) is 0.881. The van der Waals surface area contributed by atoms with Gasteiger partial charge in [0.05, 0.1) is 13.2 Å². The van der Waals surface area contributed by atoms with E-state index in [9.17, 15) is 5.11 Å². The van der Waals surface area contributed by atoms with Crippen LogP contribution in [0.25, 0.3) is 0 Å². The molecule has 0 fully saturated rings. The summed E-state index contributed by atoms with van der Waals surface area (Å²) < 4.78 is 11.0. The first-order valence-electron chi connectivity index (χ1n) is 5.31. The van der Waals surface area contributed by atoms with E-state index in [1.165, 1.54) is 0 Å². The standard InChI is InChI=1S/C12H16O3/c1-8(2)9-6-11-12(7-10(9)13)15-5-3-4-14-11/h6-8,13H,3-5H2,1-2H3. The fourth-order valence-electron chi connectivity index (χ4n) is 1.68. The van der Waals surface area contributed by atoms with Crippen molar-refractivity contribution in [3.05, 3.63) is 17.7 Å². The Labute approximate surface area is 89.6 Å². The second kappa shape index (κ2) is 4.01. The van der Waals surface area contributed by atoms with Crippen LogP contribution >= 0.6 is 0 Å². The van der Waals surface area contributed by atoms with Crippen LogP contribution in [0, 0.1) is 0 Å². The van der Waals surface area contributed by atoms with Gasteiger partial charge in [-0.3, -0.25) is 0 Å². The molecule has 0 atom stereocenters. The highest BCUT2D eigenvalue weighted by atomic mass is 16.5. The molecule has 0 bridgehead atoms. The number of ether oxygens (including phenoxy) is 2. The Kier molecular flexibility index (Phi) is 2.71. The Hall–Kier alpha value is -1.38. The minimum absolute atomic E-state index is 0.280. The molecule has 1 aromatic rings. The largest absolute Gasteiger partial charge is 0.508 e. The molecule has 3 nitrogen and oxygen atoms in total. The highest BCUT2D eigenvalue weighted by Crippen LogP contribution is 2.38. The number of fused-ring (bicyclic) bond motifs is 1. The van der Waals surface area contributed by atoms with E-state index in [1.54, 1.807) is 6.07 Å². The normalized spacial score (nSPS) is 15.1. The molecule has 0 unspecified atom stereocenters. The van der Waals surface area contributed by atoms with Gasteiger partial charge in [0, 0.05) is 18.1 Å². The van der Waals surface area contributed by atoms with E-state index in [2.05, 4.69) is 0 Å². The Morgan fingerprint density at radius 2 is 1.73 bits per heavy atom. The van der Waals surface area contributed by atoms with Crippen LogP contribution in [0.4, 0.5) is 0 Å². The lowest BCUT2D eigenvalue weighted by Gasteiger charge is -2.13. The average Bonchev–Trinajstić information content (AvgIpc) is 2.40. The Balaban J connectivity index is 2.42. The first kappa shape index (κ1) is 10.1. The Morgan fingerprint density at radius 1 is 1.13 bits per heavy atom. The number of phenols is 1. The second-order valence-corrected chi connectivity index (χ2v) is 4.06. The van der Waals surface area contributed by atoms with Crippen molar-refractivity contribution in [1.82, 2.24) is 0 Å². The average molecular weight is 208 g/mol. The molecule has 0 saturated carbocycles. The third-order valence-electron chi connectivity index (χ3n) is 2.52. The molecule has 0 radical (unpaired) electrons. The van der Waals surface area contributed by atoms with Crippen molar-refractivity contribution in [2.75, 3.05) is 13.2 Å². The summed E-state index contributed by atoms with van der Waals surface area (Å²) >= 11 is 0. The van der Waals surface area contributed by atoms with Crippen LogP contribution < -0.4 is 9.47 Å². The summed E-state index contributed by atoms with van der Waals surface area (Å²) in [6.45, 7) is 5.40. The van der Waals surface area contributed by atoms with Gasteiger partial charge >= 0.3 is 0 Å². The molecule has 1 aliphatic heterocycles. The highest BCUT2D eigenvalue weighted by Gasteiger charge is 2.15. The van der Waals surface area contributed by atoms with Gasteiger partial charge in [0.25, 0.3) is 0 Å². The van der Waals surface area contributed by atoms with Gasteiger partial charge < -0.3 is 14.6 Å². The number of benzene rings is 1. The van der Waals surface area contributed by atoms with E-state index in [0.29, 0.717) is 19.0 Å². The topological polar surface area (TPSA) is 38.7 Å². The number of hydrogen-bond donors (Lipinski definition) is 1. The summed E-state index contributed by atoms with van der Waals surface area (Å²) in [4.78, 5) is 0. The van der Waals surface area contributed by atoms with Crippen LogP contribution in [-0.2, 0) is 0 Å². The lowest BCUT2D eigenvalue weighted by Crippen LogP contribution is -1.97. The molecule has 2 rings (SSSR count). The van der Waals surface area contributed by atoms with Crippen molar-refractivity contribution < 1.29 is 14.6 Å². The number of rotatable bonds is 1. The molecule has 1 N–H and O–H groups in total. The minimum atomic E-state index is 0.280. The Bertz CT molecular complexity index is 358. The molecule has 0 saturated heterocycles. The van der Waals surface area contributed by atoms with E-state index in [1.807, 2.05) is 19.9 Å². The zero-order chi connectivity index (χ0) is 10.8. The number of phenolic OH excluding ortho intramolecular Hbond substituents is 1. The predicted octanol–water partition coefficient (Wildman–Crippen LogP) is 2.68. The summed E-state index contributed by atoms with van der Waals surface area (Å²) in [7, 11) is 0. The van der Waals surface area contributed by atoms with E-state index in [-0.39, 0.29) is 11.7 Å². The maximum atomic E-state index is 9.79. The maximum Gasteiger partial charge on any atom is 0.164 e. The van der Waals surface area contributed by atoms with Crippen LogP contribution in [-0.4, -0.2) is 18.3 Å². The third kappa shape index (κ3) is 2.01. The van der Waals surface area contributed by atoms with Crippen LogP contribution in [0.1, 0.15) is 31.7 Å². The fraction of sp³-hybridized carbons (Fsp3) is 0.500. The minimum Gasteiger partial charge on any atom is -0.508 e. The molecule has 3 heteroatoms. The van der Waals surface area contributed by atoms with Crippen molar-refractivity contribution >= 4 is 0 Å². The van der Waals surface area contributed by atoms with E-state index in [4.69, 9.17) is 9.47 Å². The molecular formula is C12H16O3. The van der Waals surface area contributed by atoms with Gasteiger partial charge in [-0.25, -0.2) is 0 Å². The molecule has 1 aromatic carbocycles. The van der Waals surface area contributed by atoms with Crippen molar-refractivity contribution in [3.63, 3.8) is 0 Å². The molecule has 82 valence electrons. The van der Waals surface area contributed by atoms with Crippen LogP contribution in [0.2, 0.25) is 0 Å². The van der Waals surface area contributed by atoms with Gasteiger partial charge in [0.2, 0.25) is 0 Å². The predicted molar refractivity (Wildman–Crippen MR) is 57.8 cm³/mol. The van der Waals surface area contributed by atoms with E-state index >= 15 is 0 Å². The van der Waals surface area contributed by atoms with Gasteiger partial charge in [-0.2, -0.15) is 0 Å². The molecule has 0 aromatic heterocycles. The summed E-state index contributed by atoms with van der Waals surface area (Å²) in [5.41, 5.74) is 0.902. The maximum absolute atomic E-state index is 9.79. The number of aromatic hydroxyl groups is 1. The molecule has 15 heavy (non-hydrogen) atoms. The summed E-state index contributed by atoms with van der Waals surface area (Å²) in [5, 5.41) is 9.79. The summed E-state index contributed by atoms with van der Waals surface area (Å²) in [6, 6.07) is 3.52. The lowest BCUT2D eigenvalue weighted by molar-refractivity contribution is 0.296. The monoisotopic (exact) mass is 208 g/mol. The zero-order valence-corrected chi connectivity index (χ0v) is 9.12. The molecule has 0 aliphatic carbocycles. The zero-order valence-electron chi connectivity index (χ0n) is 9.12. The van der Waals surface area contributed by atoms with Gasteiger partial charge in [0.15, 0.2) is 11.5 Å². The molecule has 0 amide bonds. The second-order valence-electron chi connectivity index (χ2n) is 4.06. The third-order valence-corrected chi connectivity index (χ3v) is 2.52. The smallest absolute Gasteiger partial charge is 0.164 e. The molecule has 0 spiro atoms. The van der Waals surface area contributed by atoms with Crippen LogP contribution in [0.15, 0.2) is 12.1 Å². The first-order valence-corrected chi connectivity index (χ1v) is 5.31. The summed E-state index contributed by atoms with van der Waals surface area (Å²) in [5.74, 6) is 1.96. The first-order chi connectivity index (χ1) is 7.18. The molecular weight excluding hydrogens is 192 g/mol. The molecule has 1 heterocycles. The SMILES string of the molecule is CC(C)c1cc2c(cc1O)OCCCO2. The number of hydrogen-bond acceptors (Lipinski definition) is 3. The van der Waals surface area contributed by atoms with Crippen molar-refractivity contribution in [3.8, 4) is 17.2 Å². The van der Waals surface area contributed by atoms with Gasteiger partial charge in [-0.1, -0.05) is 13.8 Å². The quantitative estimate of drug-likeness (QED) is 0.771. The van der Waals surface area contributed by atoms with Crippen LogP contribution in [0.3, 0.4) is 0 Å². The molecule has 1 aliphatic rings. The van der Waals surface area contributed by atoms with Crippen LogP contribution in [0.5, 0.6) is 17.2 Å². The lowest BCUT2D eigenvalue weighted by atomic mass is 10.0. The van der Waals surface area contributed by atoms with Crippen molar-refractivity contribution in [1.29, 1.82) is 0 Å².